The molecule has 0 saturated carbocycles. The van der Waals surface area contributed by atoms with Crippen LogP contribution in [0, 0.1) is 0 Å². The Balaban J connectivity index is 1.82. The summed E-state index contributed by atoms with van der Waals surface area (Å²) in [5.41, 5.74) is 0. The maximum absolute atomic E-state index is 12.0. The molecular weight excluding hydrogens is 378 g/mol. The van der Waals surface area contributed by atoms with Crippen LogP contribution in [0.3, 0.4) is 0 Å². The monoisotopic (exact) mass is 413 g/mol. The van der Waals surface area contributed by atoms with Crippen molar-refractivity contribution in [3.05, 3.63) is 12.7 Å². The van der Waals surface area contributed by atoms with E-state index in [-0.39, 0.29) is 28.3 Å². The maximum Gasteiger partial charge on any atom is 0.408 e. The Morgan fingerprint density at radius 2 is 1.89 bits per heavy atom. The second-order valence-corrected chi connectivity index (χ2v) is 14.7. The van der Waals surface area contributed by atoms with Crippen molar-refractivity contribution in [1.29, 1.82) is 0 Å². The van der Waals surface area contributed by atoms with E-state index in [1.165, 1.54) is 0 Å². The van der Waals surface area contributed by atoms with Crippen LogP contribution in [0.5, 0.6) is 0 Å². The number of unbranched alkanes of at least 4 members (excludes halogenated alkanes) is 1. The zero-order valence-electron chi connectivity index (χ0n) is 17.9. The molecule has 0 aromatic rings. The molecule has 0 spiro atoms. The van der Waals surface area contributed by atoms with E-state index in [0.29, 0.717) is 13.2 Å². The molecule has 1 amide bonds. The van der Waals surface area contributed by atoms with Crippen molar-refractivity contribution in [2.75, 3.05) is 13.2 Å². The van der Waals surface area contributed by atoms with Gasteiger partial charge in [0.1, 0.15) is 18.2 Å². The third-order valence-corrected chi connectivity index (χ3v) is 10.9. The molecule has 3 aliphatic heterocycles. The van der Waals surface area contributed by atoms with Gasteiger partial charge in [0, 0.05) is 10.1 Å². The molecule has 1 unspecified atom stereocenters. The first-order valence-corrected chi connectivity index (χ1v) is 12.0. The van der Waals surface area contributed by atoms with Gasteiger partial charge in [-0.25, -0.2) is 4.79 Å². The number of allylic oxidation sites excluding steroid dienone is 1. The molecule has 3 heterocycles. The minimum Gasteiger partial charge on any atom is -0.441 e. The molecule has 3 saturated heterocycles. The van der Waals surface area contributed by atoms with Gasteiger partial charge in [0.05, 0.1) is 13.2 Å². The van der Waals surface area contributed by atoms with Gasteiger partial charge in [-0.05, 0) is 12.8 Å². The minimum atomic E-state index is -2.69. The summed E-state index contributed by atoms with van der Waals surface area (Å²) >= 11 is 0. The zero-order chi connectivity index (χ0) is 20.7. The Morgan fingerprint density at radius 1 is 1.21 bits per heavy atom. The molecule has 3 fully saturated rings. The van der Waals surface area contributed by atoms with Crippen LogP contribution in [0.1, 0.15) is 54.4 Å². The number of ether oxygens (including phenoxy) is 3. The highest BCUT2D eigenvalue weighted by molar-refractivity contribution is 6.73. The normalized spacial score (nSPS) is 34.8. The van der Waals surface area contributed by atoms with E-state index < -0.39 is 27.0 Å². The second-order valence-electron chi connectivity index (χ2n) is 9.89. The molecule has 3 rings (SSSR count). The van der Waals surface area contributed by atoms with Crippen LogP contribution in [-0.2, 0) is 23.1 Å². The summed E-state index contributed by atoms with van der Waals surface area (Å²) < 4.78 is 31.0. The van der Waals surface area contributed by atoms with E-state index in [0.717, 1.165) is 12.8 Å². The fourth-order valence-electron chi connectivity index (χ4n) is 4.67. The second kappa shape index (κ2) is 7.72. The Morgan fingerprint density at radius 3 is 2.50 bits per heavy atom. The summed E-state index contributed by atoms with van der Waals surface area (Å²) in [6, 6.07) is -0.387. The first-order chi connectivity index (χ1) is 13.0. The summed E-state index contributed by atoms with van der Waals surface area (Å²) in [4.78, 5) is 12.0. The SMILES string of the molecule is C=CCCCOC1O[C@@H]2CO[Si](C(C)(C)C)(C(C)(C)C)O[C@H]2[C@@H]2OC(=O)N[C@H]12. The van der Waals surface area contributed by atoms with Crippen LogP contribution in [0.2, 0.25) is 10.1 Å². The van der Waals surface area contributed by atoms with Crippen LogP contribution >= 0.6 is 0 Å². The third kappa shape index (κ3) is 3.77. The Bertz CT molecular complexity index is 584. The Hall–Kier alpha value is -0.933. The molecule has 0 radical (unpaired) electrons. The van der Waals surface area contributed by atoms with E-state index in [2.05, 4.69) is 53.4 Å². The quantitative estimate of drug-likeness (QED) is 0.421. The van der Waals surface area contributed by atoms with E-state index in [1.54, 1.807) is 0 Å². The zero-order valence-corrected chi connectivity index (χ0v) is 18.9. The number of amides is 1. The molecule has 160 valence electrons. The smallest absolute Gasteiger partial charge is 0.408 e. The topological polar surface area (TPSA) is 75.2 Å². The van der Waals surface area contributed by atoms with Crippen molar-refractivity contribution in [3.8, 4) is 0 Å². The van der Waals surface area contributed by atoms with Gasteiger partial charge in [0.2, 0.25) is 0 Å². The van der Waals surface area contributed by atoms with Gasteiger partial charge in [-0.1, -0.05) is 47.6 Å². The van der Waals surface area contributed by atoms with Gasteiger partial charge in [0.15, 0.2) is 12.4 Å². The van der Waals surface area contributed by atoms with Crippen molar-refractivity contribution < 1.29 is 27.9 Å². The van der Waals surface area contributed by atoms with Crippen molar-refractivity contribution >= 4 is 14.7 Å². The fraction of sp³-hybridized carbons (Fsp3) is 0.850. The van der Waals surface area contributed by atoms with E-state index in [1.807, 2.05) is 6.08 Å². The molecule has 0 bridgehead atoms. The number of alkyl carbamates (subject to hydrolysis) is 1. The predicted octanol–water partition coefficient (Wildman–Crippen LogP) is 3.63. The molecule has 7 nitrogen and oxygen atoms in total. The molecule has 0 aliphatic carbocycles. The molecule has 28 heavy (non-hydrogen) atoms. The maximum atomic E-state index is 12.0. The number of carbonyl (C=O) groups is 1. The Labute approximate surface area is 169 Å². The van der Waals surface area contributed by atoms with Crippen LogP contribution < -0.4 is 5.32 Å². The van der Waals surface area contributed by atoms with Gasteiger partial charge in [0.25, 0.3) is 0 Å². The standard InChI is InChI=1S/C20H35NO6Si/c1-8-9-10-11-23-17-14-16(26-18(22)21-14)15-13(25-17)12-24-28(27-15,19(2,3)4)20(5,6)7/h8,13-17H,1,9-12H2,2-7H3,(H,21,22)/t13-,14+,15-,16-,17?/m1/s1. The van der Waals surface area contributed by atoms with Gasteiger partial charge in [-0.3, -0.25) is 0 Å². The summed E-state index contributed by atoms with van der Waals surface area (Å²) in [6.45, 7) is 17.6. The molecular formula is C20H35NO6Si. The first kappa shape index (κ1) is 21.8. The summed E-state index contributed by atoms with van der Waals surface area (Å²) in [6.07, 6.45) is 1.40. The summed E-state index contributed by atoms with van der Waals surface area (Å²) in [5.74, 6) is 0. The minimum absolute atomic E-state index is 0.153. The van der Waals surface area contributed by atoms with Crippen LogP contribution in [-0.4, -0.2) is 58.5 Å². The predicted molar refractivity (Wildman–Crippen MR) is 107 cm³/mol. The average Bonchev–Trinajstić information content (AvgIpc) is 2.98. The fourth-order valence-corrected chi connectivity index (χ4v) is 9.63. The van der Waals surface area contributed by atoms with Crippen LogP contribution in [0.4, 0.5) is 4.79 Å². The summed E-state index contributed by atoms with van der Waals surface area (Å²) in [7, 11) is -2.69. The molecule has 8 heteroatoms. The largest absolute Gasteiger partial charge is 0.441 e. The molecule has 0 aromatic carbocycles. The van der Waals surface area contributed by atoms with Crippen LogP contribution in [0.25, 0.3) is 0 Å². The van der Waals surface area contributed by atoms with Gasteiger partial charge < -0.3 is 28.4 Å². The molecule has 0 aromatic heterocycles. The highest BCUT2D eigenvalue weighted by atomic mass is 28.4. The van der Waals surface area contributed by atoms with Crippen molar-refractivity contribution in [3.63, 3.8) is 0 Å². The van der Waals surface area contributed by atoms with Gasteiger partial charge in [-0.2, -0.15) is 0 Å². The van der Waals surface area contributed by atoms with Gasteiger partial charge in [-0.15, -0.1) is 6.58 Å². The van der Waals surface area contributed by atoms with Gasteiger partial charge >= 0.3 is 14.7 Å². The van der Waals surface area contributed by atoms with E-state index in [9.17, 15) is 4.79 Å². The van der Waals surface area contributed by atoms with Crippen molar-refractivity contribution in [2.45, 2.75) is 95.1 Å². The number of nitrogens with one attached hydrogen (secondary N) is 1. The van der Waals surface area contributed by atoms with Crippen molar-refractivity contribution in [2.24, 2.45) is 0 Å². The lowest BCUT2D eigenvalue weighted by atomic mass is 9.98. The highest BCUT2D eigenvalue weighted by Gasteiger charge is 2.66. The number of rotatable bonds is 5. The number of fused-ring (bicyclic) bond motifs is 3. The molecule has 3 aliphatic rings. The Kier molecular flexibility index (Phi) is 6.00. The van der Waals surface area contributed by atoms with E-state index in [4.69, 9.17) is 23.1 Å². The average molecular weight is 414 g/mol. The number of carbonyl (C=O) groups excluding carboxylic acids is 1. The van der Waals surface area contributed by atoms with E-state index >= 15 is 0 Å². The molecule has 1 N–H and O–H groups in total. The third-order valence-electron chi connectivity index (χ3n) is 5.74. The lowest BCUT2D eigenvalue weighted by Gasteiger charge is -2.57. The lowest BCUT2D eigenvalue weighted by Crippen LogP contribution is -2.71. The summed E-state index contributed by atoms with van der Waals surface area (Å²) in [5, 5.41) is 2.54. The number of hydrogen-bond donors (Lipinski definition) is 1. The van der Waals surface area contributed by atoms with Crippen molar-refractivity contribution in [1.82, 2.24) is 5.32 Å². The first-order valence-electron chi connectivity index (χ1n) is 10.2. The highest BCUT2D eigenvalue weighted by Crippen LogP contribution is 2.55. The number of hydrogen-bond acceptors (Lipinski definition) is 6. The van der Waals surface area contributed by atoms with Crippen LogP contribution in [0.15, 0.2) is 12.7 Å². The lowest BCUT2D eigenvalue weighted by molar-refractivity contribution is -0.269. The molecule has 5 atom stereocenters.